The minimum absolute atomic E-state index is 0.266. The predicted molar refractivity (Wildman–Crippen MR) is 74.8 cm³/mol. The molecule has 2 unspecified atom stereocenters. The van der Waals surface area contributed by atoms with Crippen LogP contribution in [0.5, 0.6) is 0 Å². The standard InChI is InChI=1S/C16H23NO/c1-13-8-10-17(12-14(13)2)11-9-16(18)15-6-4-3-5-7-15/h3-7,13-14H,8-12H2,1-2H3. The van der Waals surface area contributed by atoms with Crippen molar-refractivity contribution in [3.05, 3.63) is 35.9 Å². The Kier molecular flexibility index (Phi) is 4.54. The quantitative estimate of drug-likeness (QED) is 0.759. The predicted octanol–water partition coefficient (Wildman–Crippen LogP) is 3.24. The van der Waals surface area contributed by atoms with E-state index in [0.717, 1.165) is 37.0 Å². The molecular weight excluding hydrogens is 222 g/mol. The second-order valence-corrected chi connectivity index (χ2v) is 5.58. The van der Waals surface area contributed by atoms with E-state index < -0.39 is 0 Å². The fraction of sp³-hybridized carbons (Fsp3) is 0.562. The average Bonchev–Trinajstić information content (AvgIpc) is 2.41. The summed E-state index contributed by atoms with van der Waals surface area (Å²) in [4.78, 5) is 14.4. The summed E-state index contributed by atoms with van der Waals surface area (Å²) in [6.07, 6.45) is 1.91. The first-order valence-electron chi connectivity index (χ1n) is 6.97. The summed E-state index contributed by atoms with van der Waals surface area (Å²) in [6.45, 7) is 7.84. The Morgan fingerprint density at radius 3 is 2.61 bits per heavy atom. The normalized spacial score (nSPS) is 25.0. The fourth-order valence-corrected chi connectivity index (χ4v) is 2.58. The van der Waals surface area contributed by atoms with Gasteiger partial charge in [-0.15, -0.1) is 0 Å². The molecule has 1 aliphatic heterocycles. The van der Waals surface area contributed by atoms with Gasteiger partial charge in [0.25, 0.3) is 0 Å². The molecule has 0 radical (unpaired) electrons. The molecule has 18 heavy (non-hydrogen) atoms. The molecule has 1 aliphatic rings. The van der Waals surface area contributed by atoms with Crippen LogP contribution in [-0.4, -0.2) is 30.3 Å². The molecule has 0 spiro atoms. The van der Waals surface area contributed by atoms with Gasteiger partial charge in [-0.1, -0.05) is 44.2 Å². The zero-order chi connectivity index (χ0) is 13.0. The van der Waals surface area contributed by atoms with Crippen molar-refractivity contribution in [2.24, 2.45) is 11.8 Å². The van der Waals surface area contributed by atoms with Crippen molar-refractivity contribution in [1.82, 2.24) is 4.90 Å². The van der Waals surface area contributed by atoms with Crippen molar-refractivity contribution in [3.8, 4) is 0 Å². The second kappa shape index (κ2) is 6.14. The van der Waals surface area contributed by atoms with E-state index in [1.165, 1.54) is 6.42 Å². The number of carbonyl (C=O) groups is 1. The van der Waals surface area contributed by atoms with Crippen molar-refractivity contribution >= 4 is 5.78 Å². The van der Waals surface area contributed by atoms with E-state index >= 15 is 0 Å². The Morgan fingerprint density at radius 2 is 1.94 bits per heavy atom. The molecule has 0 aromatic heterocycles. The number of rotatable bonds is 4. The SMILES string of the molecule is CC1CCN(CCC(=O)c2ccccc2)CC1C. The lowest BCUT2D eigenvalue weighted by Crippen LogP contribution is -2.39. The number of hydrogen-bond acceptors (Lipinski definition) is 2. The van der Waals surface area contributed by atoms with Crippen LogP contribution in [0.1, 0.15) is 37.0 Å². The summed E-state index contributed by atoms with van der Waals surface area (Å²) in [5.41, 5.74) is 0.843. The minimum atomic E-state index is 0.266. The Bertz CT molecular complexity index is 387. The molecule has 1 aromatic carbocycles. The molecule has 2 rings (SSSR count). The first-order valence-corrected chi connectivity index (χ1v) is 6.97. The highest BCUT2D eigenvalue weighted by Gasteiger charge is 2.22. The maximum Gasteiger partial charge on any atom is 0.164 e. The third kappa shape index (κ3) is 3.42. The average molecular weight is 245 g/mol. The van der Waals surface area contributed by atoms with Crippen molar-refractivity contribution in [2.45, 2.75) is 26.7 Å². The van der Waals surface area contributed by atoms with Crippen LogP contribution < -0.4 is 0 Å². The zero-order valence-corrected chi connectivity index (χ0v) is 11.4. The van der Waals surface area contributed by atoms with Gasteiger partial charge < -0.3 is 4.90 Å². The molecule has 0 saturated carbocycles. The highest BCUT2D eigenvalue weighted by Crippen LogP contribution is 2.22. The Morgan fingerprint density at radius 1 is 1.22 bits per heavy atom. The molecule has 1 heterocycles. The molecule has 1 fully saturated rings. The first kappa shape index (κ1) is 13.3. The number of hydrogen-bond donors (Lipinski definition) is 0. The van der Waals surface area contributed by atoms with Crippen LogP contribution in [0.15, 0.2) is 30.3 Å². The molecule has 2 heteroatoms. The van der Waals surface area contributed by atoms with E-state index in [2.05, 4.69) is 18.7 Å². The fourth-order valence-electron chi connectivity index (χ4n) is 2.58. The summed E-state index contributed by atoms with van der Waals surface area (Å²) >= 11 is 0. The largest absolute Gasteiger partial charge is 0.303 e. The molecule has 2 atom stereocenters. The van der Waals surface area contributed by atoms with Gasteiger partial charge >= 0.3 is 0 Å². The van der Waals surface area contributed by atoms with Crippen LogP contribution in [0.25, 0.3) is 0 Å². The van der Waals surface area contributed by atoms with Crippen molar-refractivity contribution in [3.63, 3.8) is 0 Å². The second-order valence-electron chi connectivity index (χ2n) is 5.58. The number of Topliss-reactive ketones (excluding diaryl/α,β-unsaturated/α-hetero) is 1. The Balaban J connectivity index is 1.80. The number of likely N-dealkylation sites (tertiary alicyclic amines) is 1. The smallest absolute Gasteiger partial charge is 0.164 e. The molecule has 0 N–H and O–H groups in total. The van der Waals surface area contributed by atoms with Crippen molar-refractivity contribution in [1.29, 1.82) is 0 Å². The number of piperidine rings is 1. The van der Waals surface area contributed by atoms with Gasteiger partial charge in [0.05, 0.1) is 0 Å². The van der Waals surface area contributed by atoms with E-state index in [9.17, 15) is 4.79 Å². The third-order valence-corrected chi connectivity index (χ3v) is 4.17. The van der Waals surface area contributed by atoms with Gasteiger partial charge in [0.1, 0.15) is 0 Å². The zero-order valence-electron chi connectivity index (χ0n) is 11.4. The molecule has 98 valence electrons. The summed E-state index contributed by atoms with van der Waals surface area (Å²) in [7, 11) is 0. The van der Waals surface area contributed by atoms with Crippen LogP contribution in [0.4, 0.5) is 0 Å². The molecule has 0 bridgehead atoms. The van der Waals surface area contributed by atoms with Crippen LogP contribution >= 0.6 is 0 Å². The topological polar surface area (TPSA) is 20.3 Å². The molecule has 1 saturated heterocycles. The maximum atomic E-state index is 12.0. The Labute approximate surface area is 110 Å². The van der Waals surface area contributed by atoms with Crippen LogP contribution in [-0.2, 0) is 0 Å². The molecule has 2 nitrogen and oxygen atoms in total. The van der Waals surface area contributed by atoms with Crippen LogP contribution in [0, 0.1) is 11.8 Å². The molecular formula is C16H23NO. The maximum absolute atomic E-state index is 12.0. The van der Waals surface area contributed by atoms with Crippen molar-refractivity contribution < 1.29 is 4.79 Å². The summed E-state index contributed by atoms with van der Waals surface area (Å²) in [5, 5.41) is 0. The minimum Gasteiger partial charge on any atom is -0.303 e. The monoisotopic (exact) mass is 245 g/mol. The van der Waals surface area contributed by atoms with Gasteiger partial charge in [0.2, 0.25) is 0 Å². The lowest BCUT2D eigenvalue weighted by Gasteiger charge is -2.35. The van der Waals surface area contributed by atoms with Gasteiger partial charge in [0, 0.05) is 25.1 Å². The number of benzene rings is 1. The van der Waals surface area contributed by atoms with E-state index in [1.54, 1.807) is 0 Å². The van der Waals surface area contributed by atoms with E-state index in [-0.39, 0.29) is 5.78 Å². The van der Waals surface area contributed by atoms with Gasteiger partial charge in [-0.25, -0.2) is 0 Å². The van der Waals surface area contributed by atoms with Crippen LogP contribution in [0.3, 0.4) is 0 Å². The van der Waals surface area contributed by atoms with Gasteiger partial charge in [-0.2, -0.15) is 0 Å². The number of nitrogens with zero attached hydrogens (tertiary/aromatic N) is 1. The van der Waals surface area contributed by atoms with Gasteiger partial charge in [-0.05, 0) is 24.8 Å². The Hall–Kier alpha value is -1.15. The molecule has 0 aliphatic carbocycles. The van der Waals surface area contributed by atoms with E-state index in [1.807, 2.05) is 30.3 Å². The van der Waals surface area contributed by atoms with Gasteiger partial charge in [-0.3, -0.25) is 4.79 Å². The third-order valence-electron chi connectivity index (χ3n) is 4.17. The number of ketones is 1. The molecule has 1 aromatic rings. The molecule has 0 amide bonds. The van der Waals surface area contributed by atoms with Crippen molar-refractivity contribution in [2.75, 3.05) is 19.6 Å². The van der Waals surface area contributed by atoms with E-state index in [0.29, 0.717) is 6.42 Å². The van der Waals surface area contributed by atoms with E-state index in [4.69, 9.17) is 0 Å². The lowest BCUT2D eigenvalue weighted by atomic mass is 9.88. The van der Waals surface area contributed by atoms with Crippen LogP contribution in [0.2, 0.25) is 0 Å². The highest BCUT2D eigenvalue weighted by atomic mass is 16.1. The lowest BCUT2D eigenvalue weighted by molar-refractivity contribution is 0.0927. The highest BCUT2D eigenvalue weighted by molar-refractivity contribution is 5.96. The van der Waals surface area contributed by atoms with Gasteiger partial charge in [0.15, 0.2) is 5.78 Å². The number of carbonyl (C=O) groups excluding carboxylic acids is 1. The summed E-state index contributed by atoms with van der Waals surface area (Å²) in [6, 6.07) is 9.62. The first-order chi connectivity index (χ1) is 8.66. The summed E-state index contributed by atoms with van der Waals surface area (Å²) in [5.74, 6) is 1.85. The summed E-state index contributed by atoms with van der Waals surface area (Å²) < 4.78 is 0.